The van der Waals surface area contributed by atoms with E-state index in [9.17, 15) is 14.0 Å². The number of rotatable bonds is 4. The minimum atomic E-state index is -0.511. The fourth-order valence-corrected chi connectivity index (χ4v) is 1.41. The molecule has 1 aliphatic rings. The van der Waals surface area contributed by atoms with Crippen LogP contribution in [0.3, 0.4) is 0 Å². The van der Waals surface area contributed by atoms with Crippen molar-refractivity contribution < 1.29 is 14.0 Å². The molecule has 0 atom stereocenters. The van der Waals surface area contributed by atoms with Gasteiger partial charge in [-0.3, -0.25) is 9.59 Å². The number of benzene rings is 1. The SMILES string of the molecule is O=C(CC(=O)NC1CC1)Nc1ccccc1F. The van der Waals surface area contributed by atoms with E-state index >= 15 is 0 Å². The topological polar surface area (TPSA) is 58.2 Å². The van der Waals surface area contributed by atoms with Gasteiger partial charge < -0.3 is 10.6 Å². The number of para-hydroxylation sites is 1. The van der Waals surface area contributed by atoms with E-state index in [4.69, 9.17) is 0 Å². The number of anilines is 1. The van der Waals surface area contributed by atoms with Crippen molar-refractivity contribution in [3.8, 4) is 0 Å². The summed E-state index contributed by atoms with van der Waals surface area (Å²) in [5.74, 6) is -1.34. The Morgan fingerprint density at radius 2 is 1.94 bits per heavy atom. The second kappa shape index (κ2) is 4.95. The lowest BCUT2D eigenvalue weighted by molar-refractivity contribution is -0.126. The van der Waals surface area contributed by atoms with Crippen molar-refractivity contribution >= 4 is 17.5 Å². The van der Waals surface area contributed by atoms with Gasteiger partial charge in [0.05, 0.1) is 5.69 Å². The Bertz CT molecular complexity index is 444. The molecule has 1 fully saturated rings. The molecule has 4 nitrogen and oxygen atoms in total. The fraction of sp³-hybridized carbons (Fsp3) is 0.333. The first kappa shape index (κ1) is 11.6. The van der Waals surface area contributed by atoms with Crippen molar-refractivity contribution in [1.82, 2.24) is 5.32 Å². The molecule has 1 aliphatic carbocycles. The van der Waals surface area contributed by atoms with Gasteiger partial charge in [0.15, 0.2) is 0 Å². The van der Waals surface area contributed by atoms with Crippen molar-refractivity contribution in [1.29, 1.82) is 0 Å². The predicted molar refractivity (Wildman–Crippen MR) is 60.8 cm³/mol. The van der Waals surface area contributed by atoms with Gasteiger partial charge in [-0.1, -0.05) is 12.1 Å². The van der Waals surface area contributed by atoms with Crippen LogP contribution in [0.15, 0.2) is 24.3 Å². The van der Waals surface area contributed by atoms with E-state index in [0.717, 1.165) is 12.8 Å². The Morgan fingerprint density at radius 1 is 1.24 bits per heavy atom. The number of hydrogen-bond acceptors (Lipinski definition) is 2. The quantitative estimate of drug-likeness (QED) is 0.777. The third kappa shape index (κ3) is 3.55. The molecule has 17 heavy (non-hydrogen) atoms. The molecule has 0 aliphatic heterocycles. The van der Waals surface area contributed by atoms with Crippen LogP contribution in [0.25, 0.3) is 0 Å². The summed E-state index contributed by atoms with van der Waals surface area (Å²) in [7, 11) is 0. The second-order valence-electron chi connectivity index (χ2n) is 4.05. The molecule has 0 saturated heterocycles. The molecular weight excluding hydrogens is 223 g/mol. The normalized spacial score (nSPS) is 14.2. The third-order valence-corrected chi connectivity index (χ3v) is 2.41. The van der Waals surface area contributed by atoms with Crippen LogP contribution in [-0.2, 0) is 9.59 Å². The number of hydrogen-bond donors (Lipinski definition) is 2. The van der Waals surface area contributed by atoms with Gasteiger partial charge in [-0.15, -0.1) is 0 Å². The summed E-state index contributed by atoms with van der Waals surface area (Å²) in [5.41, 5.74) is 0.0942. The third-order valence-electron chi connectivity index (χ3n) is 2.41. The molecule has 1 saturated carbocycles. The maximum Gasteiger partial charge on any atom is 0.233 e. The van der Waals surface area contributed by atoms with Crippen LogP contribution in [-0.4, -0.2) is 17.9 Å². The maximum atomic E-state index is 13.2. The molecule has 0 spiro atoms. The number of carbonyl (C=O) groups excluding carboxylic acids is 2. The van der Waals surface area contributed by atoms with Crippen LogP contribution >= 0.6 is 0 Å². The summed E-state index contributed by atoms with van der Waals surface area (Å²) in [6.45, 7) is 0. The highest BCUT2D eigenvalue weighted by Gasteiger charge is 2.24. The Kier molecular flexibility index (Phi) is 3.37. The van der Waals surface area contributed by atoms with E-state index in [1.165, 1.54) is 18.2 Å². The standard InChI is InChI=1S/C12H13FN2O2/c13-9-3-1-2-4-10(9)15-12(17)7-11(16)14-8-5-6-8/h1-4,8H,5-7H2,(H,14,16)(H,15,17). The van der Waals surface area contributed by atoms with Gasteiger partial charge in [0.25, 0.3) is 0 Å². The molecule has 0 unspecified atom stereocenters. The molecule has 1 aromatic rings. The Balaban J connectivity index is 1.84. The molecule has 1 aromatic carbocycles. The lowest BCUT2D eigenvalue weighted by atomic mass is 10.3. The minimum absolute atomic E-state index is 0.0942. The van der Waals surface area contributed by atoms with Crippen molar-refractivity contribution in [2.24, 2.45) is 0 Å². The molecular formula is C12H13FN2O2. The van der Waals surface area contributed by atoms with Crippen LogP contribution in [0.1, 0.15) is 19.3 Å². The molecule has 0 radical (unpaired) electrons. The van der Waals surface area contributed by atoms with E-state index in [-0.39, 0.29) is 24.1 Å². The number of nitrogens with one attached hydrogen (secondary N) is 2. The summed E-state index contributed by atoms with van der Waals surface area (Å²) in [6.07, 6.45) is 1.67. The van der Waals surface area contributed by atoms with E-state index in [0.29, 0.717) is 0 Å². The van der Waals surface area contributed by atoms with Gasteiger partial charge in [0.2, 0.25) is 11.8 Å². The van der Waals surface area contributed by atoms with Gasteiger partial charge in [0.1, 0.15) is 12.2 Å². The van der Waals surface area contributed by atoms with E-state index in [2.05, 4.69) is 10.6 Å². The fourth-order valence-electron chi connectivity index (χ4n) is 1.41. The van der Waals surface area contributed by atoms with Crippen molar-refractivity contribution in [3.63, 3.8) is 0 Å². The van der Waals surface area contributed by atoms with Crippen LogP contribution in [0.4, 0.5) is 10.1 Å². The zero-order valence-corrected chi connectivity index (χ0v) is 9.20. The van der Waals surface area contributed by atoms with Crippen LogP contribution in [0.2, 0.25) is 0 Å². The molecule has 2 rings (SSSR count). The molecule has 0 bridgehead atoms. The smallest absolute Gasteiger partial charge is 0.233 e. The van der Waals surface area contributed by atoms with Gasteiger partial charge in [-0.2, -0.15) is 0 Å². The molecule has 5 heteroatoms. The largest absolute Gasteiger partial charge is 0.353 e. The Labute approximate surface area is 98.2 Å². The van der Waals surface area contributed by atoms with Crippen LogP contribution in [0.5, 0.6) is 0 Å². The monoisotopic (exact) mass is 236 g/mol. The summed E-state index contributed by atoms with van der Waals surface area (Å²) < 4.78 is 13.2. The number of halogens is 1. The first-order valence-electron chi connectivity index (χ1n) is 5.49. The summed E-state index contributed by atoms with van der Waals surface area (Å²) >= 11 is 0. The van der Waals surface area contributed by atoms with Crippen LogP contribution in [0, 0.1) is 5.82 Å². The van der Waals surface area contributed by atoms with Gasteiger partial charge in [0, 0.05) is 6.04 Å². The number of carbonyl (C=O) groups is 2. The van der Waals surface area contributed by atoms with Crippen molar-refractivity contribution in [2.45, 2.75) is 25.3 Å². The summed E-state index contributed by atoms with van der Waals surface area (Å²) in [4.78, 5) is 22.8. The molecule has 90 valence electrons. The lowest BCUT2D eigenvalue weighted by Crippen LogP contribution is -2.29. The van der Waals surface area contributed by atoms with E-state index in [1.807, 2.05) is 0 Å². The van der Waals surface area contributed by atoms with E-state index in [1.54, 1.807) is 6.07 Å². The average molecular weight is 236 g/mol. The number of amides is 2. The van der Waals surface area contributed by atoms with Crippen molar-refractivity contribution in [3.05, 3.63) is 30.1 Å². The zero-order valence-electron chi connectivity index (χ0n) is 9.20. The van der Waals surface area contributed by atoms with Gasteiger partial charge in [-0.05, 0) is 25.0 Å². The molecule has 0 aromatic heterocycles. The van der Waals surface area contributed by atoms with Gasteiger partial charge >= 0.3 is 0 Å². The minimum Gasteiger partial charge on any atom is -0.353 e. The highest BCUT2D eigenvalue weighted by Crippen LogP contribution is 2.18. The van der Waals surface area contributed by atoms with Crippen LogP contribution < -0.4 is 10.6 Å². The average Bonchev–Trinajstić information content (AvgIpc) is 3.05. The van der Waals surface area contributed by atoms with E-state index < -0.39 is 11.7 Å². The lowest BCUT2D eigenvalue weighted by Gasteiger charge is -2.06. The molecule has 2 N–H and O–H groups in total. The summed E-state index contributed by atoms with van der Waals surface area (Å²) in [5, 5.41) is 5.05. The second-order valence-corrected chi connectivity index (χ2v) is 4.05. The Hall–Kier alpha value is -1.91. The maximum absolute atomic E-state index is 13.2. The first-order valence-corrected chi connectivity index (χ1v) is 5.49. The van der Waals surface area contributed by atoms with Gasteiger partial charge in [-0.25, -0.2) is 4.39 Å². The summed E-state index contributed by atoms with van der Waals surface area (Å²) in [6, 6.07) is 6.07. The molecule has 0 heterocycles. The highest BCUT2D eigenvalue weighted by molar-refractivity contribution is 6.03. The predicted octanol–water partition coefficient (Wildman–Crippen LogP) is 1.43. The molecule has 2 amide bonds. The first-order chi connectivity index (χ1) is 8.15. The van der Waals surface area contributed by atoms with Crippen molar-refractivity contribution in [2.75, 3.05) is 5.32 Å². The highest BCUT2D eigenvalue weighted by atomic mass is 19.1. The Morgan fingerprint density at radius 3 is 2.59 bits per heavy atom. The zero-order chi connectivity index (χ0) is 12.3.